The van der Waals surface area contributed by atoms with Crippen LogP contribution in [0.1, 0.15) is 6.42 Å². The van der Waals surface area contributed by atoms with E-state index in [9.17, 15) is 8.42 Å². The summed E-state index contributed by atoms with van der Waals surface area (Å²) < 4.78 is 35.4. The van der Waals surface area contributed by atoms with Crippen LogP contribution in [-0.2, 0) is 19.5 Å². The van der Waals surface area contributed by atoms with Crippen molar-refractivity contribution in [2.75, 3.05) is 45.7 Å². The third-order valence-corrected chi connectivity index (χ3v) is 4.43. The zero-order chi connectivity index (χ0) is 12.0. The number of nitrogens with zero attached hydrogens (tertiary/aromatic N) is 1. The van der Waals surface area contributed by atoms with Gasteiger partial charge in [-0.05, 0) is 6.42 Å². The quantitative estimate of drug-likeness (QED) is 0.614. The number of sulfonamides is 1. The van der Waals surface area contributed by atoms with Gasteiger partial charge >= 0.3 is 0 Å². The maximum absolute atomic E-state index is 11.9. The van der Waals surface area contributed by atoms with Crippen molar-refractivity contribution in [3.63, 3.8) is 0 Å². The van der Waals surface area contributed by atoms with Gasteiger partial charge in [0.1, 0.15) is 0 Å². The van der Waals surface area contributed by atoms with Crippen molar-refractivity contribution >= 4 is 10.0 Å². The molecule has 0 amide bonds. The number of morpholine rings is 1. The summed E-state index contributed by atoms with van der Waals surface area (Å²) in [7, 11) is -1.62. The molecule has 0 aromatic rings. The van der Waals surface area contributed by atoms with Gasteiger partial charge in [0.05, 0.1) is 18.5 Å². The van der Waals surface area contributed by atoms with Gasteiger partial charge in [0.25, 0.3) is 0 Å². The first kappa shape index (κ1) is 13.9. The molecule has 0 spiro atoms. The molecule has 1 aliphatic rings. The van der Waals surface area contributed by atoms with Crippen molar-refractivity contribution in [1.29, 1.82) is 0 Å². The van der Waals surface area contributed by atoms with E-state index in [4.69, 9.17) is 15.2 Å². The summed E-state index contributed by atoms with van der Waals surface area (Å²) in [4.78, 5) is 0. The summed E-state index contributed by atoms with van der Waals surface area (Å²) in [6.45, 7) is 2.02. The van der Waals surface area contributed by atoms with E-state index in [-0.39, 0.29) is 11.9 Å². The Morgan fingerprint density at radius 2 is 2.31 bits per heavy atom. The summed E-state index contributed by atoms with van der Waals surface area (Å²) in [6.07, 6.45) is 0.342. The van der Waals surface area contributed by atoms with Gasteiger partial charge in [-0.15, -0.1) is 0 Å². The normalized spacial score (nSPS) is 23.5. The van der Waals surface area contributed by atoms with Crippen LogP contribution in [0.25, 0.3) is 0 Å². The fourth-order valence-electron chi connectivity index (χ4n) is 1.60. The van der Waals surface area contributed by atoms with Crippen LogP contribution in [0.2, 0.25) is 0 Å². The Balaban J connectivity index is 2.47. The lowest BCUT2D eigenvalue weighted by atomic mass is 10.3. The third-order valence-electron chi connectivity index (χ3n) is 2.51. The lowest BCUT2D eigenvalue weighted by molar-refractivity contribution is 0.00447. The molecule has 1 unspecified atom stereocenters. The molecule has 1 rings (SSSR count). The molecule has 96 valence electrons. The Bertz CT molecular complexity index is 294. The Morgan fingerprint density at radius 1 is 1.56 bits per heavy atom. The first-order valence-electron chi connectivity index (χ1n) is 5.38. The molecule has 7 heteroatoms. The standard InChI is InChI=1S/C9H20N2O4S/c1-14-4-2-6-16(12,13)11-3-5-15-9(7-10)8-11/h9H,2-8,10H2,1H3. The highest BCUT2D eigenvalue weighted by atomic mass is 32.2. The molecule has 1 saturated heterocycles. The van der Waals surface area contributed by atoms with Gasteiger partial charge in [0, 0.05) is 33.4 Å². The van der Waals surface area contributed by atoms with Crippen molar-refractivity contribution in [2.45, 2.75) is 12.5 Å². The van der Waals surface area contributed by atoms with Crippen molar-refractivity contribution in [2.24, 2.45) is 5.73 Å². The molecule has 0 aliphatic carbocycles. The topological polar surface area (TPSA) is 81.9 Å². The number of rotatable bonds is 6. The Kier molecular flexibility index (Phi) is 5.63. The molecular weight excluding hydrogens is 232 g/mol. The second-order valence-corrected chi connectivity index (χ2v) is 5.84. The van der Waals surface area contributed by atoms with E-state index in [1.54, 1.807) is 7.11 Å². The highest BCUT2D eigenvalue weighted by Crippen LogP contribution is 2.10. The molecule has 16 heavy (non-hydrogen) atoms. The Labute approximate surface area is 96.7 Å². The number of methoxy groups -OCH3 is 1. The third kappa shape index (κ3) is 3.99. The summed E-state index contributed by atoms with van der Waals surface area (Å²) >= 11 is 0. The van der Waals surface area contributed by atoms with Gasteiger partial charge in [-0.3, -0.25) is 0 Å². The number of hydrogen-bond acceptors (Lipinski definition) is 5. The highest BCUT2D eigenvalue weighted by molar-refractivity contribution is 7.89. The van der Waals surface area contributed by atoms with Crippen LogP contribution in [0.4, 0.5) is 0 Å². The molecule has 1 heterocycles. The molecule has 0 aromatic carbocycles. The molecule has 0 saturated carbocycles. The van der Waals surface area contributed by atoms with Crippen molar-refractivity contribution < 1.29 is 17.9 Å². The minimum absolute atomic E-state index is 0.123. The zero-order valence-electron chi connectivity index (χ0n) is 9.59. The Hall–Kier alpha value is -0.210. The molecule has 0 radical (unpaired) electrons. The van der Waals surface area contributed by atoms with Gasteiger partial charge in [-0.25, -0.2) is 8.42 Å². The lowest BCUT2D eigenvalue weighted by Gasteiger charge is -2.31. The van der Waals surface area contributed by atoms with E-state index in [2.05, 4.69) is 0 Å². The van der Waals surface area contributed by atoms with E-state index >= 15 is 0 Å². The molecule has 2 N–H and O–H groups in total. The number of hydrogen-bond donors (Lipinski definition) is 1. The first-order valence-corrected chi connectivity index (χ1v) is 6.99. The average molecular weight is 252 g/mol. The van der Waals surface area contributed by atoms with Crippen LogP contribution < -0.4 is 5.73 Å². The van der Waals surface area contributed by atoms with Crippen LogP contribution >= 0.6 is 0 Å². The van der Waals surface area contributed by atoms with Crippen LogP contribution in [0.5, 0.6) is 0 Å². The van der Waals surface area contributed by atoms with Crippen LogP contribution in [0.3, 0.4) is 0 Å². The largest absolute Gasteiger partial charge is 0.385 e. The first-order chi connectivity index (χ1) is 7.60. The average Bonchev–Trinajstić information content (AvgIpc) is 2.29. The van der Waals surface area contributed by atoms with Gasteiger partial charge in [0.2, 0.25) is 10.0 Å². The van der Waals surface area contributed by atoms with Gasteiger partial charge in [-0.1, -0.05) is 0 Å². The second-order valence-electron chi connectivity index (χ2n) is 3.75. The molecule has 1 atom stereocenters. The Morgan fingerprint density at radius 3 is 2.94 bits per heavy atom. The fourth-order valence-corrected chi connectivity index (χ4v) is 3.09. The minimum atomic E-state index is -3.18. The van der Waals surface area contributed by atoms with Crippen molar-refractivity contribution in [3.8, 4) is 0 Å². The van der Waals surface area contributed by atoms with Crippen LogP contribution in [0, 0.1) is 0 Å². The van der Waals surface area contributed by atoms with E-state index < -0.39 is 10.0 Å². The second kappa shape index (κ2) is 6.51. The van der Waals surface area contributed by atoms with Crippen LogP contribution in [0.15, 0.2) is 0 Å². The number of nitrogens with two attached hydrogens (primary N) is 1. The van der Waals surface area contributed by atoms with Crippen LogP contribution in [-0.4, -0.2) is 64.5 Å². The maximum atomic E-state index is 11.9. The summed E-state index contributed by atoms with van der Waals surface area (Å²) in [5.74, 6) is 0.123. The molecule has 0 aromatic heterocycles. The minimum Gasteiger partial charge on any atom is -0.385 e. The maximum Gasteiger partial charge on any atom is 0.214 e. The van der Waals surface area contributed by atoms with E-state index in [0.29, 0.717) is 39.3 Å². The summed E-state index contributed by atoms with van der Waals surface area (Å²) in [5, 5.41) is 0. The molecular formula is C9H20N2O4S. The lowest BCUT2D eigenvalue weighted by Crippen LogP contribution is -2.48. The SMILES string of the molecule is COCCCS(=O)(=O)N1CCOC(CN)C1. The van der Waals surface area contributed by atoms with E-state index in [0.717, 1.165) is 0 Å². The zero-order valence-corrected chi connectivity index (χ0v) is 10.4. The van der Waals surface area contributed by atoms with E-state index in [1.165, 1.54) is 4.31 Å². The summed E-state index contributed by atoms with van der Waals surface area (Å²) in [6, 6.07) is 0. The van der Waals surface area contributed by atoms with Gasteiger partial charge in [0.15, 0.2) is 0 Å². The predicted molar refractivity (Wildman–Crippen MR) is 60.6 cm³/mol. The van der Waals surface area contributed by atoms with E-state index in [1.807, 2.05) is 0 Å². The molecule has 1 aliphatic heterocycles. The fraction of sp³-hybridized carbons (Fsp3) is 1.00. The molecule has 6 nitrogen and oxygen atoms in total. The smallest absolute Gasteiger partial charge is 0.214 e. The molecule has 0 bridgehead atoms. The van der Waals surface area contributed by atoms with Gasteiger partial charge < -0.3 is 15.2 Å². The molecule has 1 fully saturated rings. The van der Waals surface area contributed by atoms with Crippen molar-refractivity contribution in [3.05, 3.63) is 0 Å². The van der Waals surface area contributed by atoms with Crippen molar-refractivity contribution in [1.82, 2.24) is 4.31 Å². The highest BCUT2D eigenvalue weighted by Gasteiger charge is 2.28. The summed E-state index contributed by atoms with van der Waals surface area (Å²) in [5.41, 5.74) is 5.46. The number of ether oxygens (including phenoxy) is 2. The van der Waals surface area contributed by atoms with Gasteiger partial charge in [-0.2, -0.15) is 4.31 Å². The predicted octanol–water partition coefficient (Wildman–Crippen LogP) is -0.988. The monoisotopic (exact) mass is 252 g/mol.